The van der Waals surface area contributed by atoms with Crippen LogP contribution >= 0.6 is 0 Å². The largest absolute Gasteiger partial charge is 0.310 e. The van der Waals surface area contributed by atoms with E-state index in [1.54, 1.807) is 0 Å². The van der Waals surface area contributed by atoms with Crippen LogP contribution in [0, 0.1) is 0 Å². The molecular formula is C63H69N. The molecule has 0 atom stereocenters. The maximum absolute atomic E-state index is 2.54. The smallest absolute Gasteiger partial charge is 0.0465 e. The van der Waals surface area contributed by atoms with Crippen LogP contribution in [0.5, 0.6) is 0 Å². The second kappa shape index (κ2) is 17.7. The first-order valence-corrected chi connectivity index (χ1v) is 24.5. The highest BCUT2D eigenvalue weighted by molar-refractivity contribution is 5.87. The molecule has 0 spiro atoms. The number of fused-ring (bicyclic) bond motifs is 3. The fraction of sp³-hybridized carbons (Fsp3) is 0.333. The molecule has 0 saturated heterocycles. The minimum absolute atomic E-state index is 0.0136. The zero-order chi connectivity index (χ0) is 44.6. The van der Waals surface area contributed by atoms with E-state index in [4.69, 9.17) is 0 Å². The quantitative estimate of drug-likeness (QED) is 0.125. The van der Waals surface area contributed by atoms with Crippen molar-refractivity contribution in [2.24, 2.45) is 0 Å². The Morgan fingerprint density at radius 2 is 0.938 bits per heavy atom. The fourth-order valence-corrected chi connectivity index (χ4v) is 11.1. The summed E-state index contributed by atoms with van der Waals surface area (Å²) >= 11 is 0. The normalized spacial score (nSPS) is 14.9. The van der Waals surface area contributed by atoms with Gasteiger partial charge in [0, 0.05) is 22.5 Å². The number of hydrogen-bond donors (Lipinski definition) is 0. The van der Waals surface area contributed by atoms with Crippen molar-refractivity contribution in [1.82, 2.24) is 0 Å². The van der Waals surface area contributed by atoms with Gasteiger partial charge in [-0.15, -0.1) is 0 Å². The zero-order valence-electron chi connectivity index (χ0n) is 39.9. The first kappa shape index (κ1) is 43.6. The lowest BCUT2D eigenvalue weighted by Gasteiger charge is -2.33. The van der Waals surface area contributed by atoms with Gasteiger partial charge >= 0.3 is 0 Å². The number of nitrogens with zero attached hydrogens (tertiary/aromatic N) is 1. The Hall–Kier alpha value is -5.66. The van der Waals surface area contributed by atoms with Crippen LogP contribution in [0.3, 0.4) is 0 Å². The van der Waals surface area contributed by atoms with Gasteiger partial charge < -0.3 is 4.90 Å². The minimum Gasteiger partial charge on any atom is -0.310 e. The summed E-state index contributed by atoms with van der Waals surface area (Å²) in [4.78, 5) is 2.48. The lowest BCUT2D eigenvalue weighted by molar-refractivity contribution is 0.436. The van der Waals surface area contributed by atoms with E-state index in [-0.39, 0.29) is 16.2 Å². The van der Waals surface area contributed by atoms with Crippen LogP contribution in [0.15, 0.2) is 158 Å². The summed E-state index contributed by atoms with van der Waals surface area (Å²) < 4.78 is 0. The van der Waals surface area contributed by atoms with E-state index in [2.05, 4.69) is 218 Å². The van der Waals surface area contributed by atoms with Crippen LogP contribution in [-0.2, 0) is 16.2 Å². The molecule has 0 unspecified atom stereocenters. The molecule has 1 fully saturated rings. The highest BCUT2D eigenvalue weighted by atomic mass is 15.1. The van der Waals surface area contributed by atoms with Crippen LogP contribution in [0.1, 0.15) is 147 Å². The molecule has 1 nitrogen and oxygen atoms in total. The molecule has 7 aromatic carbocycles. The Kier molecular flexibility index (Phi) is 12.1. The summed E-state index contributed by atoms with van der Waals surface area (Å²) in [7, 11) is 0. The monoisotopic (exact) mass is 840 g/mol. The first-order valence-electron chi connectivity index (χ1n) is 24.5. The van der Waals surface area contributed by atoms with Crippen molar-refractivity contribution in [3.05, 3.63) is 186 Å². The van der Waals surface area contributed by atoms with Crippen molar-refractivity contribution in [3.8, 4) is 44.5 Å². The second-order valence-corrected chi connectivity index (χ2v) is 21.1. The van der Waals surface area contributed by atoms with E-state index in [1.807, 2.05) is 0 Å². The van der Waals surface area contributed by atoms with Gasteiger partial charge in [-0.2, -0.15) is 0 Å². The molecule has 7 aromatic rings. The van der Waals surface area contributed by atoms with Gasteiger partial charge in [0.2, 0.25) is 0 Å². The Balaban J connectivity index is 1.10. The molecule has 0 heterocycles. The van der Waals surface area contributed by atoms with Crippen molar-refractivity contribution in [1.29, 1.82) is 0 Å². The van der Waals surface area contributed by atoms with Crippen LogP contribution in [0.4, 0.5) is 17.1 Å². The molecule has 0 amide bonds. The Labute approximate surface area is 385 Å². The summed E-state index contributed by atoms with van der Waals surface area (Å²) in [6.45, 7) is 18.6. The van der Waals surface area contributed by atoms with Gasteiger partial charge in [0.15, 0.2) is 0 Å². The first-order chi connectivity index (χ1) is 30.9. The lowest BCUT2D eigenvalue weighted by atomic mass is 9.71. The number of benzene rings is 7. The van der Waals surface area contributed by atoms with Gasteiger partial charge in [-0.1, -0.05) is 203 Å². The summed E-state index contributed by atoms with van der Waals surface area (Å²) in [5.41, 5.74) is 21.2. The third-order valence-corrected chi connectivity index (χ3v) is 14.6. The highest BCUT2D eigenvalue weighted by Crippen LogP contribution is 2.55. The van der Waals surface area contributed by atoms with Crippen LogP contribution in [0.25, 0.3) is 44.5 Å². The predicted octanol–water partition coefficient (Wildman–Crippen LogP) is 18.7. The van der Waals surface area contributed by atoms with Crippen molar-refractivity contribution >= 4 is 17.1 Å². The minimum atomic E-state index is 0.0136. The Morgan fingerprint density at radius 1 is 0.438 bits per heavy atom. The van der Waals surface area contributed by atoms with Crippen molar-refractivity contribution in [3.63, 3.8) is 0 Å². The average molecular weight is 840 g/mol. The summed E-state index contributed by atoms with van der Waals surface area (Å²) in [5, 5.41) is 0. The van der Waals surface area contributed by atoms with Gasteiger partial charge in [-0.05, 0) is 157 Å². The number of rotatable bonds is 11. The fourth-order valence-electron chi connectivity index (χ4n) is 11.1. The Bertz CT molecular complexity index is 2670. The van der Waals surface area contributed by atoms with Gasteiger partial charge in [-0.25, -0.2) is 0 Å². The number of hydrogen-bond acceptors (Lipinski definition) is 1. The molecule has 326 valence electrons. The van der Waals surface area contributed by atoms with E-state index < -0.39 is 0 Å². The van der Waals surface area contributed by atoms with Crippen LogP contribution in [0.2, 0.25) is 0 Å². The number of anilines is 3. The van der Waals surface area contributed by atoms with Crippen molar-refractivity contribution in [2.45, 2.75) is 135 Å². The maximum atomic E-state index is 2.54. The molecule has 2 aliphatic carbocycles. The van der Waals surface area contributed by atoms with Crippen molar-refractivity contribution in [2.75, 3.05) is 4.90 Å². The topological polar surface area (TPSA) is 3.24 Å². The lowest BCUT2D eigenvalue weighted by Crippen LogP contribution is -2.25. The van der Waals surface area contributed by atoms with Gasteiger partial charge in [0.25, 0.3) is 0 Å². The van der Waals surface area contributed by atoms with Crippen LogP contribution in [-0.4, -0.2) is 0 Å². The standard InChI is InChI=1S/C63H69N/c1-9-37-63(38-10-2)59-22-15-14-21-57(59)58-36-35-56(43-60(58)63)64(54-31-27-47(28-32-54)46-25-23-45(24-26-46)44-17-12-11-13-18-44)55-33-29-48(30-34-55)49-19-16-20-50(39-49)51-40-52(61(3,4)5)42-53(41-51)62(6,7)8/h14-16,19-36,39-44H,9-13,17-18,37-38H2,1-8H3. The summed E-state index contributed by atoms with van der Waals surface area (Å²) in [6, 6.07) is 60.9. The summed E-state index contributed by atoms with van der Waals surface area (Å²) in [5.74, 6) is 0.717. The van der Waals surface area contributed by atoms with Crippen LogP contribution < -0.4 is 4.90 Å². The van der Waals surface area contributed by atoms with E-state index in [1.165, 1.54) is 110 Å². The van der Waals surface area contributed by atoms with Gasteiger partial charge in [0.1, 0.15) is 0 Å². The second-order valence-electron chi connectivity index (χ2n) is 21.1. The average Bonchev–Trinajstić information content (AvgIpc) is 3.57. The molecule has 0 aliphatic heterocycles. The van der Waals surface area contributed by atoms with E-state index in [9.17, 15) is 0 Å². The third kappa shape index (κ3) is 8.52. The SMILES string of the molecule is CCCC1(CCC)c2ccccc2-c2ccc(N(c3ccc(-c4ccc(C5CCCCC5)cc4)cc3)c3ccc(-c4cccc(-c5cc(C(C)(C)C)cc(C(C)(C)C)c5)c4)cc3)cc21. The molecule has 1 saturated carbocycles. The summed E-state index contributed by atoms with van der Waals surface area (Å²) in [6.07, 6.45) is 11.4. The van der Waals surface area contributed by atoms with E-state index >= 15 is 0 Å². The molecule has 9 rings (SSSR count). The van der Waals surface area contributed by atoms with Gasteiger partial charge in [0.05, 0.1) is 0 Å². The molecule has 1 heteroatoms. The molecule has 64 heavy (non-hydrogen) atoms. The van der Waals surface area contributed by atoms with Crippen molar-refractivity contribution < 1.29 is 0 Å². The molecule has 0 radical (unpaired) electrons. The highest BCUT2D eigenvalue weighted by Gasteiger charge is 2.42. The zero-order valence-corrected chi connectivity index (χ0v) is 39.9. The molecule has 0 N–H and O–H groups in total. The molecule has 2 aliphatic rings. The van der Waals surface area contributed by atoms with E-state index in [0.29, 0.717) is 0 Å². The molecule has 0 bridgehead atoms. The third-order valence-electron chi connectivity index (χ3n) is 14.6. The van der Waals surface area contributed by atoms with E-state index in [0.717, 1.165) is 43.0 Å². The van der Waals surface area contributed by atoms with Gasteiger partial charge in [-0.3, -0.25) is 0 Å². The predicted molar refractivity (Wildman–Crippen MR) is 277 cm³/mol. The molecule has 0 aromatic heterocycles. The Morgan fingerprint density at radius 3 is 1.50 bits per heavy atom. The molecular weight excluding hydrogens is 771 g/mol. The maximum Gasteiger partial charge on any atom is 0.0465 e.